The predicted octanol–water partition coefficient (Wildman–Crippen LogP) is 4.60. The molecular weight excluding hydrogens is 278 g/mol. The lowest BCUT2D eigenvalue weighted by molar-refractivity contribution is 1.15. The molecule has 4 heteroatoms. The highest BCUT2D eigenvalue weighted by atomic mass is 32.2. The van der Waals surface area contributed by atoms with Crippen molar-refractivity contribution in [3.05, 3.63) is 33.9 Å². The molecule has 1 heterocycles. The molecule has 2 aromatic carbocycles. The van der Waals surface area contributed by atoms with E-state index in [1.807, 2.05) is 17.8 Å². The third-order valence-electron chi connectivity index (χ3n) is 4.66. The SMILES string of the molecule is Cc1c(N)cc2c(c1C)Sc1c(C)c(C)c(N)c(C)c1N2. The van der Waals surface area contributed by atoms with Crippen LogP contribution in [0, 0.1) is 34.6 Å². The van der Waals surface area contributed by atoms with E-state index in [2.05, 4.69) is 39.9 Å². The van der Waals surface area contributed by atoms with E-state index in [9.17, 15) is 0 Å². The summed E-state index contributed by atoms with van der Waals surface area (Å²) in [6.45, 7) is 10.5. The molecule has 3 rings (SSSR count). The summed E-state index contributed by atoms with van der Waals surface area (Å²) >= 11 is 1.82. The molecule has 0 aliphatic carbocycles. The predicted molar refractivity (Wildman–Crippen MR) is 92.8 cm³/mol. The maximum atomic E-state index is 6.24. The van der Waals surface area contributed by atoms with E-state index < -0.39 is 0 Å². The molecular formula is C17H21N3S. The van der Waals surface area contributed by atoms with Gasteiger partial charge in [-0.2, -0.15) is 0 Å². The Morgan fingerprint density at radius 2 is 1.43 bits per heavy atom. The minimum atomic E-state index is 0.831. The second kappa shape index (κ2) is 4.60. The zero-order valence-electron chi connectivity index (χ0n) is 13.1. The minimum Gasteiger partial charge on any atom is -0.398 e. The summed E-state index contributed by atoms with van der Waals surface area (Å²) in [7, 11) is 0. The molecule has 0 bridgehead atoms. The van der Waals surface area contributed by atoms with Crippen LogP contribution in [-0.2, 0) is 0 Å². The van der Waals surface area contributed by atoms with Gasteiger partial charge in [0, 0.05) is 21.2 Å². The molecule has 0 aromatic heterocycles. The molecule has 3 nitrogen and oxygen atoms in total. The van der Waals surface area contributed by atoms with Gasteiger partial charge in [-0.25, -0.2) is 0 Å². The zero-order chi connectivity index (χ0) is 15.5. The van der Waals surface area contributed by atoms with Crippen molar-refractivity contribution in [3.63, 3.8) is 0 Å². The fourth-order valence-electron chi connectivity index (χ4n) is 2.80. The van der Waals surface area contributed by atoms with Gasteiger partial charge >= 0.3 is 0 Å². The first kappa shape index (κ1) is 14.1. The first-order valence-electron chi connectivity index (χ1n) is 7.06. The Kier molecular flexibility index (Phi) is 3.10. The van der Waals surface area contributed by atoms with Gasteiger partial charge in [0.15, 0.2) is 0 Å². The molecule has 0 radical (unpaired) electrons. The van der Waals surface area contributed by atoms with Crippen molar-refractivity contribution in [1.82, 2.24) is 0 Å². The van der Waals surface area contributed by atoms with E-state index in [1.54, 1.807) is 0 Å². The van der Waals surface area contributed by atoms with Crippen LogP contribution in [0.25, 0.3) is 0 Å². The number of nitrogens with two attached hydrogens (primary N) is 2. The van der Waals surface area contributed by atoms with Gasteiger partial charge in [-0.05, 0) is 68.5 Å². The van der Waals surface area contributed by atoms with E-state index in [0.717, 1.165) is 33.9 Å². The van der Waals surface area contributed by atoms with Crippen LogP contribution in [0.5, 0.6) is 0 Å². The average Bonchev–Trinajstić information content (AvgIpc) is 2.47. The smallest absolute Gasteiger partial charge is 0.0579 e. The highest BCUT2D eigenvalue weighted by molar-refractivity contribution is 7.99. The van der Waals surface area contributed by atoms with Gasteiger partial charge < -0.3 is 16.8 Å². The second-order valence-corrected chi connectivity index (χ2v) is 6.83. The number of anilines is 4. The largest absolute Gasteiger partial charge is 0.398 e. The van der Waals surface area contributed by atoms with Crippen LogP contribution in [0.1, 0.15) is 27.8 Å². The van der Waals surface area contributed by atoms with E-state index in [-0.39, 0.29) is 0 Å². The molecule has 2 aromatic rings. The van der Waals surface area contributed by atoms with Crippen molar-refractivity contribution in [1.29, 1.82) is 0 Å². The first-order chi connectivity index (χ1) is 9.82. The third-order valence-corrected chi connectivity index (χ3v) is 6.10. The number of nitrogen functional groups attached to an aromatic ring is 2. The summed E-state index contributed by atoms with van der Waals surface area (Å²) < 4.78 is 0. The Hall–Kier alpha value is -1.81. The summed E-state index contributed by atoms with van der Waals surface area (Å²) in [4.78, 5) is 2.54. The average molecular weight is 299 g/mol. The maximum absolute atomic E-state index is 6.24. The Bertz CT molecular complexity index is 779. The highest BCUT2D eigenvalue weighted by Crippen LogP contribution is 2.51. The van der Waals surface area contributed by atoms with Crippen LogP contribution in [0.3, 0.4) is 0 Å². The van der Waals surface area contributed by atoms with Crippen LogP contribution in [0.2, 0.25) is 0 Å². The second-order valence-electron chi connectivity index (χ2n) is 5.81. The van der Waals surface area contributed by atoms with Crippen molar-refractivity contribution in [2.24, 2.45) is 0 Å². The third kappa shape index (κ3) is 1.89. The van der Waals surface area contributed by atoms with Crippen molar-refractivity contribution in [3.8, 4) is 0 Å². The number of benzene rings is 2. The maximum Gasteiger partial charge on any atom is 0.0579 e. The van der Waals surface area contributed by atoms with Gasteiger partial charge in [0.1, 0.15) is 0 Å². The van der Waals surface area contributed by atoms with Crippen LogP contribution >= 0.6 is 11.8 Å². The Morgan fingerprint density at radius 3 is 2.10 bits per heavy atom. The monoisotopic (exact) mass is 299 g/mol. The van der Waals surface area contributed by atoms with Crippen LogP contribution in [0.4, 0.5) is 22.7 Å². The van der Waals surface area contributed by atoms with Crippen molar-refractivity contribution < 1.29 is 0 Å². The summed E-state index contributed by atoms with van der Waals surface area (Å²) in [5.41, 5.74) is 22.2. The molecule has 0 spiro atoms. The van der Waals surface area contributed by atoms with Crippen molar-refractivity contribution in [2.75, 3.05) is 16.8 Å². The number of rotatable bonds is 0. The van der Waals surface area contributed by atoms with Crippen LogP contribution in [-0.4, -0.2) is 0 Å². The number of fused-ring (bicyclic) bond motifs is 2. The molecule has 0 unspecified atom stereocenters. The highest BCUT2D eigenvalue weighted by Gasteiger charge is 2.24. The van der Waals surface area contributed by atoms with E-state index in [0.29, 0.717) is 0 Å². The van der Waals surface area contributed by atoms with Gasteiger partial charge in [0.2, 0.25) is 0 Å². The lowest BCUT2D eigenvalue weighted by Crippen LogP contribution is -2.10. The number of nitrogens with one attached hydrogen (secondary N) is 1. The summed E-state index contributed by atoms with van der Waals surface area (Å²) in [6, 6.07) is 2.03. The molecule has 1 aliphatic rings. The summed E-state index contributed by atoms with van der Waals surface area (Å²) in [6.07, 6.45) is 0. The standard InChI is InChI=1S/C17H21N3S/c1-7-9(3)16-13(6-12(7)18)20-15-11(5)14(19)8(2)10(4)17(15)21-16/h6,20H,18-19H2,1-5H3. The summed E-state index contributed by atoms with van der Waals surface area (Å²) in [5.74, 6) is 0. The molecule has 110 valence electrons. The van der Waals surface area contributed by atoms with E-state index in [4.69, 9.17) is 11.5 Å². The molecule has 1 aliphatic heterocycles. The molecule has 21 heavy (non-hydrogen) atoms. The minimum absolute atomic E-state index is 0.831. The van der Waals surface area contributed by atoms with Gasteiger partial charge in [0.25, 0.3) is 0 Å². The lowest BCUT2D eigenvalue weighted by atomic mass is 10.0. The van der Waals surface area contributed by atoms with Gasteiger partial charge in [-0.1, -0.05) is 11.8 Å². The normalized spacial score (nSPS) is 12.6. The number of hydrogen-bond donors (Lipinski definition) is 3. The van der Waals surface area contributed by atoms with Crippen LogP contribution in [0.15, 0.2) is 15.9 Å². The quantitative estimate of drug-likeness (QED) is 0.531. The molecule has 0 saturated carbocycles. The Labute approximate surface area is 130 Å². The molecule has 0 saturated heterocycles. The fourth-order valence-corrected chi connectivity index (χ4v) is 4.15. The molecule has 0 amide bonds. The van der Waals surface area contributed by atoms with Gasteiger partial charge in [-0.15, -0.1) is 0 Å². The van der Waals surface area contributed by atoms with Gasteiger partial charge in [0.05, 0.1) is 11.4 Å². The zero-order valence-corrected chi connectivity index (χ0v) is 14.0. The fraction of sp³-hybridized carbons (Fsp3) is 0.294. The van der Waals surface area contributed by atoms with Crippen molar-refractivity contribution in [2.45, 2.75) is 44.4 Å². The molecule has 0 fully saturated rings. The summed E-state index contributed by atoms with van der Waals surface area (Å²) in [5, 5.41) is 3.55. The van der Waals surface area contributed by atoms with E-state index in [1.165, 1.54) is 26.5 Å². The lowest BCUT2D eigenvalue weighted by Gasteiger charge is -2.28. The van der Waals surface area contributed by atoms with Crippen LogP contribution < -0.4 is 16.8 Å². The van der Waals surface area contributed by atoms with E-state index >= 15 is 0 Å². The molecule has 0 atom stereocenters. The van der Waals surface area contributed by atoms with Crippen molar-refractivity contribution >= 4 is 34.5 Å². The Balaban J connectivity index is 2.27. The topological polar surface area (TPSA) is 64.1 Å². The first-order valence-corrected chi connectivity index (χ1v) is 7.88. The Morgan fingerprint density at radius 1 is 0.810 bits per heavy atom. The molecule has 5 N–H and O–H groups in total. The van der Waals surface area contributed by atoms with Gasteiger partial charge in [-0.3, -0.25) is 0 Å². The number of hydrogen-bond acceptors (Lipinski definition) is 4.